The van der Waals surface area contributed by atoms with Crippen LogP contribution in [0, 0.1) is 0 Å². The normalized spacial score (nSPS) is 15.9. The Morgan fingerprint density at radius 2 is 2.25 bits per heavy atom. The topological polar surface area (TPSA) is 53.1 Å². The van der Waals surface area contributed by atoms with E-state index in [4.69, 9.17) is 0 Å². The lowest BCUT2D eigenvalue weighted by Gasteiger charge is -2.28. The van der Waals surface area contributed by atoms with Crippen molar-refractivity contribution in [1.82, 2.24) is 15.3 Å². The van der Waals surface area contributed by atoms with Crippen LogP contribution in [0.25, 0.3) is 0 Å². The predicted molar refractivity (Wildman–Crippen MR) is 65.8 cm³/mol. The minimum absolute atomic E-state index is 0.720. The molecule has 2 rings (SSSR count). The number of anilines is 2. The van der Waals surface area contributed by atoms with E-state index in [9.17, 15) is 0 Å². The molecule has 0 amide bonds. The van der Waals surface area contributed by atoms with Crippen LogP contribution in [0.3, 0.4) is 0 Å². The molecule has 0 radical (unpaired) electrons. The Balaban J connectivity index is 2.05. The lowest BCUT2D eigenvalue weighted by Crippen LogP contribution is -2.43. The van der Waals surface area contributed by atoms with E-state index in [0.717, 1.165) is 44.4 Å². The maximum atomic E-state index is 4.29. The number of nitrogens with one attached hydrogen (secondary N) is 2. The summed E-state index contributed by atoms with van der Waals surface area (Å²) in [4.78, 5) is 10.7. The summed E-state index contributed by atoms with van der Waals surface area (Å²) in [7, 11) is 0. The van der Waals surface area contributed by atoms with Crippen molar-refractivity contribution in [3.8, 4) is 0 Å². The van der Waals surface area contributed by atoms with E-state index in [-0.39, 0.29) is 0 Å². The molecule has 1 aliphatic heterocycles. The van der Waals surface area contributed by atoms with Crippen LogP contribution in [0.1, 0.15) is 0 Å². The summed E-state index contributed by atoms with van der Waals surface area (Å²) < 4.78 is 0. The van der Waals surface area contributed by atoms with Crippen LogP contribution >= 0.6 is 0 Å². The molecule has 16 heavy (non-hydrogen) atoms. The summed E-state index contributed by atoms with van der Waals surface area (Å²) in [5.74, 6) is 1.84. The van der Waals surface area contributed by atoms with Crippen molar-refractivity contribution in [3.63, 3.8) is 0 Å². The standard InChI is InChI=1S/C11H17N5/c1-2-3-13-10-8-11(15-9-14-10)16-6-4-12-5-7-16/h2,8-9,12H,1,3-7H2,(H,13,14,15). The second-order valence-electron chi connectivity index (χ2n) is 3.67. The lowest BCUT2D eigenvalue weighted by molar-refractivity contribution is 0.584. The molecule has 1 aromatic rings. The maximum absolute atomic E-state index is 4.29. The Hall–Kier alpha value is -1.62. The highest BCUT2D eigenvalue weighted by molar-refractivity contribution is 5.48. The van der Waals surface area contributed by atoms with Crippen LogP contribution < -0.4 is 15.5 Å². The Morgan fingerprint density at radius 1 is 1.44 bits per heavy atom. The van der Waals surface area contributed by atoms with E-state index >= 15 is 0 Å². The predicted octanol–water partition coefficient (Wildman–Crippen LogP) is 0.484. The number of piperazine rings is 1. The molecule has 0 unspecified atom stereocenters. The zero-order valence-electron chi connectivity index (χ0n) is 9.32. The van der Waals surface area contributed by atoms with E-state index in [1.54, 1.807) is 6.33 Å². The first-order valence-corrected chi connectivity index (χ1v) is 5.52. The molecule has 5 nitrogen and oxygen atoms in total. The number of nitrogens with zero attached hydrogens (tertiary/aromatic N) is 3. The smallest absolute Gasteiger partial charge is 0.134 e. The van der Waals surface area contributed by atoms with Crippen molar-refractivity contribution in [1.29, 1.82) is 0 Å². The maximum Gasteiger partial charge on any atom is 0.134 e. The SMILES string of the molecule is C=CCNc1cc(N2CCNCC2)ncn1. The molecule has 1 fully saturated rings. The van der Waals surface area contributed by atoms with Crippen molar-refractivity contribution in [2.75, 3.05) is 42.9 Å². The Bertz CT molecular complexity index is 346. The Morgan fingerprint density at radius 3 is 3.00 bits per heavy atom. The zero-order chi connectivity index (χ0) is 11.2. The van der Waals surface area contributed by atoms with Crippen molar-refractivity contribution in [2.24, 2.45) is 0 Å². The first-order valence-electron chi connectivity index (χ1n) is 5.52. The highest BCUT2D eigenvalue weighted by atomic mass is 15.2. The van der Waals surface area contributed by atoms with Gasteiger partial charge in [0.2, 0.25) is 0 Å². The largest absolute Gasteiger partial charge is 0.366 e. The number of hydrogen-bond acceptors (Lipinski definition) is 5. The van der Waals surface area contributed by atoms with Crippen LogP contribution in [0.15, 0.2) is 25.0 Å². The molecule has 86 valence electrons. The molecule has 0 saturated carbocycles. The molecule has 0 bridgehead atoms. The monoisotopic (exact) mass is 219 g/mol. The molecule has 1 aromatic heterocycles. The molecule has 1 saturated heterocycles. The van der Waals surface area contributed by atoms with Gasteiger partial charge >= 0.3 is 0 Å². The lowest BCUT2D eigenvalue weighted by atomic mass is 10.3. The fourth-order valence-electron chi connectivity index (χ4n) is 1.69. The Kier molecular flexibility index (Phi) is 3.71. The third-order valence-corrected chi connectivity index (χ3v) is 2.52. The number of aromatic nitrogens is 2. The van der Waals surface area contributed by atoms with Crippen LogP contribution in [-0.4, -0.2) is 42.7 Å². The van der Waals surface area contributed by atoms with Gasteiger partial charge in [0, 0.05) is 38.8 Å². The van der Waals surface area contributed by atoms with Gasteiger partial charge in [0.25, 0.3) is 0 Å². The average molecular weight is 219 g/mol. The first kappa shape index (κ1) is 10.9. The van der Waals surface area contributed by atoms with Gasteiger partial charge in [-0.1, -0.05) is 6.08 Å². The summed E-state index contributed by atoms with van der Waals surface area (Å²) in [6.45, 7) is 8.41. The van der Waals surface area contributed by atoms with E-state index in [0.29, 0.717) is 0 Å². The minimum Gasteiger partial charge on any atom is -0.366 e. The Labute approximate surface area is 95.6 Å². The van der Waals surface area contributed by atoms with Crippen LogP contribution in [0.2, 0.25) is 0 Å². The molecule has 0 atom stereocenters. The van der Waals surface area contributed by atoms with Gasteiger partial charge in [-0.25, -0.2) is 9.97 Å². The third kappa shape index (κ3) is 2.70. The van der Waals surface area contributed by atoms with Crippen molar-refractivity contribution >= 4 is 11.6 Å². The molecular formula is C11H17N5. The van der Waals surface area contributed by atoms with Crippen LogP contribution in [0.5, 0.6) is 0 Å². The van der Waals surface area contributed by atoms with Gasteiger partial charge in [0.15, 0.2) is 0 Å². The van der Waals surface area contributed by atoms with E-state index in [2.05, 4.69) is 32.1 Å². The van der Waals surface area contributed by atoms with E-state index < -0.39 is 0 Å². The second kappa shape index (κ2) is 5.46. The highest BCUT2D eigenvalue weighted by Crippen LogP contribution is 2.14. The zero-order valence-corrected chi connectivity index (χ0v) is 9.32. The second-order valence-corrected chi connectivity index (χ2v) is 3.67. The number of rotatable bonds is 4. The fraction of sp³-hybridized carbons (Fsp3) is 0.455. The minimum atomic E-state index is 0.720. The molecule has 2 N–H and O–H groups in total. The molecule has 0 aliphatic carbocycles. The molecule has 0 aromatic carbocycles. The van der Waals surface area contributed by atoms with E-state index in [1.807, 2.05) is 12.1 Å². The van der Waals surface area contributed by atoms with Crippen molar-refractivity contribution in [3.05, 3.63) is 25.0 Å². The van der Waals surface area contributed by atoms with Gasteiger partial charge in [0.05, 0.1) is 0 Å². The summed E-state index contributed by atoms with van der Waals surface area (Å²) in [5.41, 5.74) is 0. The van der Waals surface area contributed by atoms with Gasteiger partial charge in [-0.2, -0.15) is 0 Å². The fourth-order valence-corrected chi connectivity index (χ4v) is 1.69. The molecule has 2 heterocycles. The summed E-state index contributed by atoms with van der Waals surface area (Å²) in [6, 6.07) is 1.98. The van der Waals surface area contributed by atoms with Gasteiger partial charge < -0.3 is 15.5 Å². The first-order chi connectivity index (χ1) is 7.90. The third-order valence-electron chi connectivity index (χ3n) is 2.52. The highest BCUT2D eigenvalue weighted by Gasteiger charge is 2.11. The summed E-state index contributed by atoms with van der Waals surface area (Å²) >= 11 is 0. The van der Waals surface area contributed by atoms with E-state index in [1.165, 1.54) is 0 Å². The summed E-state index contributed by atoms with van der Waals surface area (Å²) in [6.07, 6.45) is 3.41. The quantitative estimate of drug-likeness (QED) is 0.722. The van der Waals surface area contributed by atoms with Gasteiger partial charge in [0.1, 0.15) is 18.0 Å². The molecule has 5 heteroatoms. The molecular weight excluding hydrogens is 202 g/mol. The van der Waals surface area contributed by atoms with Gasteiger partial charge in [-0.05, 0) is 0 Å². The summed E-state index contributed by atoms with van der Waals surface area (Å²) in [5, 5.41) is 6.48. The van der Waals surface area contributed by atoms with Crippen molar-refractivity contribution < 1.29 is 0 Å². The van der Waals surface area contributed by atoms with Crippen LogP contribution in [0.4, 0.5) is 11.6 Å². The van der Waals surface area contributed by atoms with Gasteiger partial charge in [-0.3, -0.25) is 0 Å². The van der Waals surface area contributed by atoms with Crippen molar-refractivity contribution in [2.45, 2.75) is 0 Å². The molecule has 1 aliphatic rings. The average Bonchev–Trinajstić information content (AvgIpc) is 2.38. The van der Waals surface area contributed by atoms with Crippen LogP contribution in [-0.2, 0) is 0 Å². The van der Waals surface area contributed by atoms with Gasteiger partial charge in [-0.15, -0.1) is 6.58 Å². The molecule has 0 spiro atoms. The number of hydrogen-bond donors (Lipinski definition) is 2.